The van der Waals surface area contributed by atoms with Gasteiger partial charge in [-0.25, -0.2) is 0 Å². The lowest BCUT2D eigenvalue weighted by Gasteiger charge is -2.09. The van der Waals surface area contributed by atoms with Crippen LogP contribution >= 0.6 is 0 Å². The van der Waals surface area contributed by atoms with E-state index in [1.54, 1.807) is 18.2 Å². The highest BCUT2D eigenvalue weighted by Crippen LogP contribution is 2.19. The summed E-state index contributed by atoms with van der Waals surface area (Å²) in [6.45, 7) is 1.55. The molecule has 3 aromatic rings. The predicted octanol–water partition coefficient (Wildman–Crippen LogP) is 4.69. The number of rotatable bonds is 12. The van der Waals surface area contributed by atoms with Crippen LogP contribution in [0.2, 0.25) is 0 Å². The van der Waals surface area contributed by atoms with Gasteiger partial charge in [0.05, 0.1) is 18.0 Å². The Morgan fingerprint density at radius 1 is 0.844 bits per heavy atom. The van der Waals surface area contributed by atoms with Crippen LogP contribution < -0.4 is 14.8 Å². The molecule has 1 N–H and O–H groups in total. The van der Waals surface area contributed by atoms with Gasteiger partial charge in [0.2, 0.25) is 5.91 Å². The molecule has 0 spiro atoms. The van der Waals surface area contributed by atoms with E-state index in [2.05, 4.69) is 5.32 Å². The highest BCUT2D eigenvalue weighted by Gasteiger charge is 2.15. The Morgan fingerprint density at radius 2 is 1.50 bits per heavy atom. The van der Waals surface area contributed by atoms with Gasteiger partial charge in [-0.1, -0.05) is 48.5 Å². The second-order valence-electron chi connectivity index (χ2n) is 7.21. The lowest BCUT2D eigenvalue weighted by molar-refractivity contribution is -0.385. The lowest BCUT2D eigenvalue weighted by Crippen LogP contribution is -2.26. The summed E-state index contributed by atoms with van der Waals surface area (Å²) in [4.78, 5) is 22.6. The van der Waals surface area contributed by atoms with Crippen molar-refractivity contribution >= 4 is 11.6 Å². The van der Waals surface area contributed by atoms with Crippen molar-refractivity contribution in [3.63, 3.8) is 0 Å². The topological polar surface area (TPSA) is 90.7 Å². The molecule has 166 valence electrons. The van der Waals surface area contributed by atoms with E-state index in [0.29, 0.717) is 25.3 Å². The van der Waals surface area contributed by atoms with Crippen LogP contribution in [0.4, 0.5) is 5.69 Å². The fourth-order valence-corrected chi connectivity index (χ4v) is 3.09. The third kappa shape index (κ3) is 7.43. The number of para-hydroxylation sites is 1. The largest absolute Gasteiger partial charge is 0.494 e. The second-order valence-corrected chi connectivity index (χ2v) is 7.21. The minimum absolute atomic E-state index is 0.00759. The van der Waals surface area contributed by atoms with Crippen LogP contribution in [0, 0.1) is 10.1 Å². The van der Waals surface area contributed by atoms with Gasteiger partial charge in [-0.05, 0) is 42.7 Å². The van der Waals surface area contributed by atoms with Gasteiger partial charge in [0, 0.05) is 18.2 Å². The number of nitro benzene ring substituents is 1. The molecule has 3 rings (SSSR count). The average molecular weight is 434 g/mol. The maximum atomic E-state index is 12.0. The zero-order chi connectivity index (χ0) is 22.6. The molecule has 0 saturated heterocycles. The minimum Gasteiger partial charge on any atom is -0.494 e. The van der Waals surface area contributed by atoms with E-state index in [0.717, 1.165) is 29.9 Å². The summed E-state index contributed by atoms with van der Waals surface area (Å²) in [5.74, 6) is 1.31. The molecule has 7 heteroatoms. The minimum atomic E-state index is -0.470. The number of unbranched alkanes of at least 4 members (excludes halogenated alkanes) is 1. The lowest BCUT2D eigenvalue weighted by atomic mass is 10.1. The number of nitrogens with one attached hydrogen (secondary N) is 1. The van der Waals surface area contributed by atoms with E-state index in [1.807, 2.05) is 54.6 Å². The van der Waals surface area contributed by atoms with Crippen LogP contribution in [0.25, 0.3) is 0 Å². The molecule has 7 nitrogen and oxygen atoms in total. The van der Waals surface area contributed by atoms with Gasteiger partial charge in [0.15, 0.2) is 0 Å². The first-order chi connectivity index (χ1) is 15.6. The van der Waals surface area contributed by atoms with Gasteiger partial charge < -0.3 is 14.8 Å². The van der Waals surface area contributed by atoms with E-state index in [9.17, 15) is 14.9 Å². The monoisotopic (exact) mass is 434 g/mol. The summed E-state index contributed by atoms with van der Waals surface area (Å²) in [6, 6.07) is 23.8. The Hall–Kier alpha value is -3.87. The highest BCUT2D eigenvalue weighted by atomic mass is 16.6. The number of nitro groups is 1. The Labute approximate surface area is 187 Å². The molecule has 0 aliphatic heterocycles. The third-order valence-corrected chi connectivity index (χ3v) is 4.77. The van der Waals surface area contributed by atoms with E-state index < -0.39 is 4.92 Å². The van der Waals surface area contributed by atoms with Gasteiger partial charge in [-0.2, -0.15) is 0 Å². The van der Waals surface area contributed by atoms with Crippen LogP contribution in [-0.4, -0.2) is 24.0 Å². The summed E-state index contributed by atoms with van der Waals surface area (Å²) in [5.41, 5.74) is 1.49. The van der Waals surface area contributed by atoms with Crippen molar-refractivity contribution in [1.29, 1.82) is 0 Å². The van der Waals surface area contributed by atoms with Crippen LogP contribution in [0.1, 0.15) is 24.0 Å². The molecule has 0 atom stereocenters. The van der Waals surface area contributed by atoms with E-state index in [4.69, 9.17) is 9.47 Å². The first-order valence-electron chi connectivity index (χ1n) is 10.5. The van der Waals surface area contributed by atoms with Crippen molar-refractivity contribution < 1.29 is 19.2 Å². The van der Waals surface area contributed by atoms with Gasteiger partial charge in [0.1, 0.15) is 18.1 Å². The standard InChI is InChI=1S/C25H26N2O5/c28-25(18-21-10-4-5-11-24(21)27(29)30)26-16-6-7-17-31-22-12-14-23(15-13-22)32-19-20-8-2-1-3-9-20/h1-5,8-15H,6-7,16-19H2,(H,26,28). The number of benzene rings is 3. The van der Waals surface area contributed by atoms with Crippen molar-refractivity contribution in [3.8, 4) is 11.5 Å². The zero-order valence-electron chi connectivity index (χ0n) is 17.7. The van der Waals surface area contributed by atoms with Crippen LogP contribution in [-0.2, 0) is 17.8 Å². The van der Waals surface area contributed by atoms with Crippen LogP contribution in [0.5, 0.6) is 11.5 Å². The van der Waals surface area contributed by atoms with Gasteiger partial charge in [0.25, 0.3) is 5.69 Å². The molecule has 0 aliphatic carbocycles. The summed E-state index contributed by atoms with van der Waals surface area (Å²) in [6.07, 6.45) is 1.52. The van der Waals surface area contributed by atoms with E-state index in [-0.39, 0.29) is 18.0 Å². The fraction of sp³-hybridized carbons (Fsp3) is 0.240. The smallest absolute Gasteiger partial charge is 0.273 e. The van der Waals surface area contributed by atoms with Crippen molar-refractivity contribution in [1.82, 2.24) is 5.32 Å². The highest BCUT2D eigenvalue weighted by molar-refractivity contribution is 5.79. The number of hydrogen-bond acceptors (Lipinski definition) is 5. The molecule has 0 aliphatic rings. The van der Waals surface area contributed by atoms with Gasteiger partial charge in [-0.3, -0.25) is 14.9 Å². The molecule has 0 saturated carbocycles. The van der Waals surface area contributed by atoms with E-state index in [1.165, 1.54) is 6.07 Å². The number of ether oxygens (including phenoxy) is 2. The molecule has 0 radical (unpaired) electrons. The summed E-state index contributed by atoms with van der Waals surface area (Å²) >= 11 is 0. The molecule has 1 amide bonds. The zero-order valence-corrected chi connectivity index (χ0v) is 17.7. The second kappa shape index (κ2) is 12.1. The van der Waals surface area contributed by atoms with E-state index >= 15 is 0 Å². The van der Waals surface area contributed by atoms with Gasteiger partial charge in [-0.15, -0.1) is 0 Å². The quantitative estimate of drug-likeness (QED) is 0.254. The molecular weight excluding hydrogens is 408 g/mol. The number of amides is 1. The maximum Gasteiger partial charge on any atom is 0.273 e. The van der Waals surface area contributed by atoms with Crippen molar-refractivity contribution in [3.05, 3.63) is 100 Å². The number of carbonyl (C=O) groups is 1. The summed E-state index contributed by atoms with van der Waals surface area (Å²) in [5, 5.41) is 13.8. The maximum absolute atomic E-state index is 12.0. The fourth-order valence-electron chi connectivity index (χ4n) is 3.09. The Kier molecular flexibility index (Phi) is 8.62. The molecule has 0 unspecified atom stereocenters. The van der Waals surface area contributed by atoms with Gasteiger partial charge >= 0.3 is 0 Å². The molecule has 3 aromatic carbocycles. The van der Waals surface area contributed by atoms with Crippen molar-refractivity contribution in [2.75, 3.05) is 13.2 Å². The average Bonchev–Trinajstić information content (AvgIpc) is 2.81. The first kappa shape index (κ1) is 22.8. The number of carbonyl (C=O) groups excluding carboxylic acids is 1. The molecule has 0 fully saturated rings. The Balaban J connectivity index is 1.29. The predicted molar refractivity (Wildman–Crippen MR) is 122 cm³/mol. The SMILES string of the molecule is O=C(Cc1ccccc1[N+](=O)[O-])NCCCCOc1ccc(OCc2ccccc2)cc1. The molecule has 32 heavy (non-hydrogen) atoms. The first-order valence-corrected chi connectivity index (χ1v) is 10.5. The molecule has 0 bridgehead atoms. The number of hydrogen-bond donors (Lipinski definition) is 1. The summed E-state index contributed by atoms with van der Waals surface area (Å²) < 4.78 is 11.5. The molecule has 0 heterocycles. The number of nitrogens with zero attached hydrogens (tertiary/aromatic N) is 1. The Bertz CT molecular complexity index is 1010. The van der Waals surface area contributed by atoms with Crippen LogP contribution in [0.15, 0.2) is 78.9 Å². The van der Waals surface area contributed by atoms with Crippen LogP contribution in [0.3, 0.4) is 0 Å². The molecule has 0 aromatic heterocycles. The van der Waals surface area contributed by atoms with Crippen molar-refractivity contribution in [2.24, 2.45) is 0 Å². The molecular formula is C25H26N2O5. The Morgan fingerprint density at radius 3 is 2.22 bits per heavy atom. The normalized spacial score (nSPS) is 10.4. The van der Waals surface area contributed by atoms with Crippen molar-refractivity contribution in [2.45, 2.75) is 25.9 Å². The third-order valence-electron chi connectivity index (χ3n) is 4.77. The summed E-state index contributed by atoms with van der Waals surface area (Å²) in [7, 11) is 0.